The Morgan fingerprint density at radius 2 is 1.83 bits per heavy atom. The van der Waals surface area contributed by atoms with Gasteiger partial charge >= 0.3 is 12.1 Å². The first-order valence-corrected chi connectivity index (χ1v) is 21.4. The van der Waals surface area contributed by atoms with E-state index < -0.39 is 90.7 Å². The van der Waals surface area contributed by atoms with Gasteiger partial charge in [0.15, 0.2) is 11.4 Å². The average molecular weight is 833 g/mol. The van der Waals surface area contributed by atoms with E-state index in [1.165, 1.54) is 31.1 Å². The van der Waals surface area contributed by atoms with Gasteiger partial charge in [0.25, 0.3) is 5.91 Å². The minimum Gasteiger partial charge on any atom is -0.497 e. The maximum absolute atomic E-state index is 14.8. The first kappa shape index (κ1) is 41.7. The van der Waals surface area contributed by atoms with E-state index in [4.69, 9.17) is 14.2 Å². The van der Waals surface area contributed by atoms with Gasteiger partial charge in [-0.1, -0.05) is 25.0 Å². The van der Waals surface area contributed by atoms with E-state index in [-0.39, 0.29) is 56.1 Å². The molecule has 1 saturated heterocycles. The van der Waals surface area contributed by atoms with Crippen LogP contribution in [-0.2, 0) is 46.5 Å². The highest BCUT2D eigenvalue weighted by Crippen LogP contribution is 2.51. The summed E-state index contributed by atoms with van der Waals surface area (Å²) in [5.74, 6) is -4.44. The second-order valence-corrected chi connectivity index (χ2v) is 20.0. The molecule has 5 aliphatic rings. The summed E-state index contributed by atoms with van der Waals surface area (Å²) in [7, 11) is -2.65. The molecule has 5 atom stereocenters. The molecule has 0 radical (unpaired) electrons. The van der Waals surface area contributed by atoms with Crippen LogP contribution in [0.4, 0.5) is 13.2 Å². The molecule has 1 aromatic carbocycles. The van der Waals surface area contributed by atoms with Crippen LogP contribution >= 0.6 is 0 Å². The number of hydrogen-bond donors (Lipinski definition) is 2. The van der Waals surface area contributed by atoms with Gasteiger partial charge in [-0.25, -0.2) is 13.4 Å². The third-order valence-electron chi connectivity index (χ3n) is 12.2. The van der Waals surface area contributed by atoms with Crippen molar-refractivity contribution in [2.24, 2.45) is 11.8 Å². The largest absolute Gasteiger partial charge is 0.497 e. The summed E-state index contributed by atoms with van der Waals surface area (Å²) in [6, 6.07) is 3.20. The number of carbonyl (C=O) groups is 4. The molecule has 0 unspecified atom stereocenters. The summed E-state index contributed by atoms with van der Waals surface area (Å²) >= 11 is 0. The molecule has 2 aromatic rings. The van der Waals surface area contributed by atoms with Crippen LogP contribution < -0.4 is 19.5 Å². The van der Waals surface area contributed by atoms with E-state index >= 15 is 0 Å². The van der Waals surface area contributed by atoms with Crippen molar-refractivity contribution >= 4 is 44.6 Å². The molecule has 3 amide bonds. The van der Waals surface area contributed by atoms with E-state index in [1.54, 1.807) is 32.9 Å². The normalized spacial score (nSPS) is 29.1. The maximum Gasteiger partial charge on any atom is 0.437 e. The highest BCUT2D eigenvalue weighted by Gasteiger charge is 2.64. The molecule has 316 valence electrons. The van der Waals surface area contributed by atoms with E-state index in [0.29, 0.717) is 43.2 Å². The molecule has 17 heteroatoms. The fraction of sp³-hybridized carbons (Fsp3) is 0.634. The Morgan fingerprint density at radius 1 is 1.09 bits per heavy atom. The fourth-order valence-corrected chi connectivity index (χ4v) is 9.86. The predicted octanol–water partition coefficient (Wildman–Crippen LogP) is 5.67. The monoisotopic (exact) mass is 832 g/mol. The first-order chi connectivity index (χ1) is 27.1. The Morgan fingerprint density at radius 3 is 2.50 bits per heavy atom. The number of esters is 1. The second-order valence-electron chi connectivity index (χ2n) is 17.8. The maximum atomic E-state index is 14.8. The fourth-order valence-electron chi connectivity index (χ4n) is 8.54. The van der Waals surface area contributed by atoms with Crippen molar-refractivity contribution in [2.45, 2.75) is 138 Å². The number of allylic oxidation sites excluding steroid dienone is 1. The Hall–Kier alpha value is -4.41. The Kier molecular flexibility index (Phi) is 10.6. The number of pyridine rings is 1. The number of halogens is 3. The molecule has 1 aromatic heterocycles. The molecule has 3 fully saturated rings. The van der Waals surface area contributed by atoms with Crippen molar-refractivity contribution < 1.29 is 55.0 Å². The van der Waals surface area contributed by atoms with Gasteiger partial charge in [0.2, 0.25) is 21.8 Å². The second kappa shape index (κ2) is 14.7. The van der Waals surface area contributed by atoms with Crippen LogP contribution in [0.3, 0.4) is 0 Å². The Bertz CT molecular complexity index is 2170. The number of hydrogen-bond acceptors (Lipinski definition) is 10. The van der Waals surface area contributed by atoms with Gasteiger partial charge in [0, 0.05) is 29.2 Å². The number of benzene rings is 1. The number of nitrogens with one attached hydrogen (secondary N) is 2. The number of ether oxygens (including phenoxy) is 3. The number of fused-ring (bicyclic) bond motifs is 5. The summed E-state index contributed by atoms with van der Waals surface area (Å²) in [6.45, 7) is 6.36. The number of methoxy groups -OCH3 is 1. The van der Waals surface area contributed by atoms with Crippen LogP contribution in [0.25, 0.3) is 10.9 Å². The van der Waals surface area contributed by atoms with Crippen molar-refractivity contribution in [3.8, 4) is 11.5 Å². The molecule has 2 N–H and O–H groups in total. The van der Waals surface area contributed by atoms with Crippen molar-refractivity contribution in [3.05, 3.63) is 41.6 Å². The van der Waals surface area contributed by atoms with Crippen LogP contribution in [0.2, 0.25) is 0 Å². The summed E-state index contributed by atoms with van der Waals surface area (Å²) < 4.78 is 89.0. The molecular formula is C41H51F3N4O9S. The summed E-state index contributed by atoms with van der Waals surface area (Å²) in [6.07, 6.45) is 2.19. The molecular weight excluding hydrogens is 782 g/mol. The standard InChI is InChI=1S/C41H51F3N4O9S/c1-37(2,3)56-31(49)19-24-11-9-7-6-8-10-12-25-21-40(25,36(52)47-58(53,54)38(4)17-18-38)46-34(50)30-22-39(23-48(30)35(24)51)16-15-27-28-20-26(55-5)13-14-29(28)45-33(32(27)57-39)41(42,43)44/h10,12-14,20,24-25,30H,6-9,11,15-19,21-23H2,1-5H3,(H,46,50)(H,47,52)/b12-10+/t24-,25+,30+,39-,40-/m1/s1. The van der Waals surface area contributed by atoms with Crippen molar-refractivity contribution in [3.63, 3.8) is 0 Å². The van der Waals surface area contributed by atoms with E-state index in [9.17, 15) is 40.8 Å². The Labute approximate surface area is 335 Å². The van der Waals surface area contributed by atoms with Gasteiger partial charge in [-0.15, -0.1) is 0 Å². The molecule has 2 aliphatic carbocycles. The van der Waals surface area contributed by atoms with Crippen LogP contribution in [-0.4, -0.2) is 83.2 Å². The van der Waals surface area contributed by atoms with Crippen molar-refractivity contribution in [2.75, 3.05) is 13.7 Å². The van der Waals surface area contributed by atoms with E-state index in [0.717, 1.165) is 6.42 Å². The number of alkyl halides is 3. The van der Waals surface area contributed by atoms with Gasteiger partial charge < -0.3 is 24.4 Å². The molecule has 0 bridgehead atoms. The summed E-state index contributed by atoms with van der Waals surface area (Å²) in [5, 5.41) is 3.22. The number of aryl methyl sites for hydroxylation is 1. The van der Waals surface area contributed by atoms with Crippen LogP contribution in [0.1, 0.15) is 110 Å². The molecule has 7 rings (SSSR count). The predicted molar refractivity (Wildman–Crippen MR) is 205 cm³/mol. The molecule has 4 heterocycles. The minimum atomic E-state index is -4.92. The lowest BCUT2D eigenvalue weighted by molar-refractivity contribution is -0.159. The lowest BCUT2D eigenvalue weighted by Crippen LogP contribution is -2.57. The Balaban J connectivity index is 1.27. The van der Waals surface area contributed by atoms with E-state index in [2.05, 4.69) is 15.0 Å². The number of aromatic nitrogens is 1. The third kappa shape index (κ3) is 8.11. The zero-order chi connectivity index (χ0) is 42.1. The van der Waals surface area contributed by atoms with Crippen LogP contribution in [0, 0.1) is 11.8 Å². The number of rotatable bonds is 6. The van der Waals surface area contributed by atoms with Gasteiger partial charge in [0.1, 0.15) is 28.5 Å². The molecule has 58 heavy (non-hydrogen) atoms. The number of nitrogens with zero attached hydrogens (tertiary/aromatic N) is 2. The van der Waals surface area contributed by atoms with E-state index in [1.807, 2.05) is 6.08 Å². The summed E-state index contributed by atoms with van der Waals surface area (Å²) in [4.78, 5) is 61.8. The zero-order valence-electron chi connectivity index (χ0n) is 33.4. The van der Waals surface area contributed by atoms with Crippen LogP contribution in [0.15, 0.2) is 30.4 Å². The molecule has 13 nitrogen and oxygen atoms in total. The quantitative estimate of drug-likeness (QED) is 0.273. The minimum absolute atomic E-state index is 0.0815. The lowest BCUT2D eigenvalue weighted by atomic mass is 9.87. The van der Waals surface area contributed by atoms with Crippen LogP contribution in [0.5, 0.6) is 11.5 Å². The smallest absolute Gasteiger partial charge is 0.437 e. The molecule has 1 spiro atoms. The number of carbonyl (C=O) groups excluding carboxylic acids is 4. The highest BCUT2D eigenvalue weighted by atomic mass is 32.2. The zero-order valence-corrected chi connectivity index (χ0v) is 34.2. The van der Waals surface area contributed by atoms with Gasteiger partial charge in [-0.05, 0) is 97.3 Å². The SMILES string of the molecule is COc1ccc2nc(C(F)(F)F)c3c(c2c1)CC[C@]1(C[C@H]2C(=O)N[C@]4(C(=O)NS(=O)(=O)C5(C)CC5)C[C@@H]4/C=C/CCCCC[C@H](CC(=O)OC(C)(C)C)C(=O)N2C1)O3. The summed E-state index contributed by atoms with van der Waals surface area (Å²) in [5.41, 5.74) is -4.87. The molecule has 3 aliphatic heterocycles. The molecule has 2 saturated carbocycles. The lowest BCUT2D eigenvalue weighted by Gasteiger charge is -2.37. The topological polar surface area (TPSA) is 170 Å². The van der Waals surface area contributed by atoms with Gasteiger partial charge in [0.05, 0.1) is 30.3 Å². The average Bonchev–Trinajstić information content (AvgIpc) is 4.03. The highest BCUT2D eigenvalue weighted by molar-refractivity contribution is 7.91. The van der Waals surface area contributed by atoms with Gasteiger partial charge in [-0.2, -0.15) is 13.2 Å². The van der Waals surface area contributed by atoms with Crippen molar-refractivity contribution in [1.82, 2.24) is 19.9 Å². The third-order valence-corrected chi connectivity index (χ3v) is 14.4. The number of amides is 3. The first-order valence-electron chi connectivity index (χ1n) is 19.9. The van der Waals surface area contributed by atoms with Crippen molar-refractivity contribution in [1.29, 1.82) is 0 Å². The van der Waals surface area contributed by atoms with Gasteiger partial charge in [-0.3, -0.25) is 23.9 Å². The number of sulfonamides is 1.